The van der Waals surface area contributed by atoms with Gasteiger partial charge in [0.1, 0.15) is 0 Å². The maximum atomic E-state index is 11.5. The Bertz CT molecular complexity index is 432. The van der Waals surface area contributed by atoms with Crippen molar-refractivity contribution in [1.82, 2.24) is 5.32 Å². The molecule has 0 bridgehead atoms. The molecule has 0 atom stereocenters. The Balaban J connectivity index is 2.67. The maximum absolute atomic E-state index is 11.5. The number of thioether (sulfide) groups is 1. The summed E-state index contributed by atoms with van der Waals surface area (Å²) in [6.45, 7) is 3.82. The minimum atomic E-state index is -0.387. The second kappa shape index (κ2) is 7.06. The molecule has 18 heavy (non-hydrogen) atoms. The Morgan fingerprint density at radius 2 is 2.00 bits per heavy atom. The summed E-state index contributed by atoms with van der Waals surface area (Å²) in [5.74, 6) is -0.149. The number of amides is 1. The van der Waals surface area contributed by atoms with Crippen LogP contribution in [0.3, 0.4) is 0 Å². The van der Waals surface area contributed by atoms with Crippen LogP contribution in [-0.2, 0) is 9.53 Å². The SMILES string of the molecule is COC(=O)c1ccccc1SCC(=O)NC(C)C. The van der Waals surface area contributed by atoms with Crippen LogP contribution in [0.4, 0.5) is 0 Å². The van der Waals surface area contributed by atoms with Gasteiger partial charge in [-0.1, -0.05) is 12.1 Å². The minimum Gasteiger partial charge on any atom is -0.465 e. The lowest BCUT2D eigenvalue weighted by atomic mass is 10.2. The number of hydrogen-bond donors (Lipinski definition) is 1. The van der Waals surface area contributed by atoms with Gasteiger partial charge in [-0.25, -0.2) is 4.79 Å². The molecule has 0 aliphatic heterocycles. The lowest BCUT2D eigenvalue weighted by molar-refractivity contribution is -0.119. The highest BCUT2D eigenvalue weighted by Gasteiger charge is 2.12. The van der Waals surface area contributed by atoms with Crippen molar-refractivity contribution < 1.29 is 14.3 Å². The first-order chi connectivity index (χ1) is 8.54. The van der Waals surface area contributed by atoms with Gasteiger partial charge in [0.25, 0.3) is 0 Å². The fourth-order valence-corrected chi connectivity index (χ4v) is 2.23. The van der Waals surface area contributed by atoms with E-state index in [1.54, 1.807) is 18.2 Å². The van der Waals surface area contributed by atoms with E-state index in [0.717, 1.165) is 4.90 Å². The summed E-state index contributed by atoms with van der Waals surface area (Å²) in [6.07, 6.45) is 0. The predicted molar refractivity (Wildman–Crippen MR) is 71.8 cm³/mol. The third kappa shape index (κ3) is 4.41. The molecule has 1 N–H and O–H groups in total. The Labute approximate surface area is 111 Å². The molecule has 4 nitrogen and oxygen atoms in total. The highest BCUT2D eigenvalue weighted by Crippen LogP contribution is 2.22. The van der Waals surface area contributed by atoms with Crippen molar-refractivity contribution in [1.29, 1.82) is 0 Å². The van der Waals surface area contributed by atoms with E-state index in [4.69, 9.17) is 4.74 Å². The van der Waals surface area contributed by atoms with Crippen LogP contribution in [0.15, 0.2) is 29.2 Å². The van der Waals surface area contributed by atoms with Crippen molar-refractivity contribution in [3.63, 3.8) is 0 Å². The van der Waals surface area contributed by atoms with E-state index in [0.29, 0.717) is 5.56 Å². The number of nitrogens with one attached hydrogen (secondary N) is 1. The van der Waals surface area contributed by atoms with Crippen LogP contribution in [0.25, 0.3) is 0 Å². The first kappa shape index (κ1) is 14.6. The normalized spacial score (nSPS) is 10.2. The summed E-state index contributed by atoms with van der Waals surface area (Å²) in [6, 6.07) is 7.21. The summed E-state index contributed by atoms with van der Waals surface area (Å²) >= 11 is 1.33. The molecule has 1 aromatic carbocycles. The fourth-order valence-electron chi connectivity index (χ4n) is 1.38. The molecule has 0 saturated carbocycles. The van der Waals surface area contributed by atoms with Crippen molar-refractivity contribution in [3.8, 4) is 0 Å². The maximum Gasteiger partial charge on any atom is 0.338 e. The van der Waals surface area contributed by atoms with E-state index in [1.165, 1.54) is 18.9 Å². The van der Waals surface area contributed by atoms with E-state index in [-0.39, 0.29) is 23.7 Å². The minimum absolute atomic E-state index is 0.0466. The monoisotopic (exact) mass is 267 g/mol. The number of hydrogen-bond acceptors (Lipinski definition) is 4. The predicted octanol–water partition coefficient (Wildman–Crippen LogP) is 2.09. The standard InChI is InChI=1S/C13H17NO3S/c1-9(2)14-12(15)8-18-11-7-5-4-6-10(11)13(16)17-3/h4-7,9H,8H2,1-3H3,(H,14,15). The third-order valence-electron chi connectivity index (χ3n) is 2.10. The average Bonchev–Trinajstić information content (AvgIpc) is 2.35. The molecule has 1 amide bonds. The van der Waals surface area contributed by atoms with Gasteiger partial charge in [0.05, 0.1) is 18.4 Å². The third-order valence-corrected chi connectivity index (χ3v) is 3.17. The average molecular weight is 267 g/mol. The fraction of sp³-hybridized carbons (Fsp3) is 0.385. The van der Waals surface area contributed by atoms with Gasteiger partial charge in [0.15, 0.2) is 0 Å². The second-order valence-electron chi connectivity index (χ2n) is 4.00. The van der Waals surface area contributed by atoms with Gasteiger partial charge in [-0.3, -0.25) is 4.79 Å². The van der Waals surface area contributed by atoms with E-state index in [1.807, 2.05) is 19.9 Å². The summed E-state index contributed by atoms with van der Waals surface area (Å²) in [7, 11) is 1.34. The van der Waals surface area contributed by atoms with Gasteiger partial charge in [0.2, 0.25) is 5.91 Å². The van der Waals surface area contributed by atoms with E-state index < -0.39 is 0 Å². The Morgan fingerprint density at radius 3 is 2.61 bits per heavy atom. The summed E-state index contributed by atoms with van der Waals surface area (Å²) < 4.78 is 4.70. The zero-order chi connectivity index (χ0) is 13.5. The van der Waals surface area contributed by atoms with Gasteiger partial charge in [-0.2, -0.15) is 0 Å². The number of benzene rings is 1. The lowest BCUT2D eigenvalue weighted by Gasteiger charge is -2.09. The molecule has 0 heterocycles. The number of carbonyl (C=O) groups is 2. The quantitative estimate of drug-likeness (QED) is 0.655. The summed E-state index contributed by atoms with van der Waals surface area (Å²) in [5, 5.41) is 2.80. The van der Waals surface area contributed by atoms with E-state index in [2.05, 4.69) is 5.32 Å². The van der Waals surface area contributed by atoms with Crippen molar-refractivity contribution in [3.05, 3.63) is 29.8 Å². The number of rotatable bonds is 5. The van der Waals surface area contributed by atoms with Crippen LogP contribution >= 0.6 is 11.8 Å². The smallest absolute Gasteiger partial charge is 0.338 e. The van der Waals surface area contributed by atoms with Crippen LogP contribution in [0, 0.1) is 0 Å². The highest BCUT2D eigenvalue weighted by molar-refractivity contribution is 8.00. The zero-order valence-corrected chi connectivity index (χ0v) is 11.5. The summed E-state index contributed by atoms with van der Waals surface area (Å²) in [5.41, 5.74) is 0.488. The van der Waals surface area contributed by atoms with Crippen molar-refractivity contribution in [2.75, 3.05) is 12.9 Å². The molecule has 0 saturated heterocycles. The topological polar surface area (TPSA) is 55.4 Å². The Hall–Kier alpha value is -1.49. The Morgan fingerprint density at radius 1 is 1.33 bits per heavy atom. The van der Waals surface area contributed by atoms with Gasteiger partial charge in [0, 0.05) is 10.9 Å². The molecule has 1 rings (SSSR count). The largest absolute Gasteiger partial charge is 0.465 e. The molecule has 5 heteroatoms. The van der Waals surface area contributed by atoms with Gasteiger partial charge >= 0.3 is 5.97 Å². The van der Waals surface area contributed by atoms with Crippen LogP contribution in [0.1, 0.15) is 24.2 Å². The zero-order valence-electron chi connectivity index (χ0n) is 10.7. The first-order valence-corrected chi connectivity index (χ1v) is 6.62. The molecule has 1 aromatic rings. The summed E-state index contributed by atoms with van der Waals surface area (Å²) in [4.78, 5) is 23.8. The molecule has 0 aliphatic rings. The molecule has 0 radical (unpaired) electrons. The molecule has 0 unspecified atom stereocenters. The molecule has 0 aromatic heterocycles. The van der Waals surface area contributed by atoms with Crippen molar-refractivity contribution >= 4 is 23.6 Å². The van der Waals surface area contributed by atoms with Crippen LogP contribution in [0.2, 0.25) is 0 Å². The first-order valence-electron chi connectivity index (χ1n) is 5.64. The number of methoxy groups -OCH3 is 1. The Kier molecular flexibility index (Phi) is 5.71. The highest BCUT2D eigenvalue weighted by atomic mass is 32.2. The molecular formula is C13H17NO3S. The molecule has 98 valence electrons. The van der Waals surface area contributed by atoms with Crippen LogP contribution in [-0.4, -0.2) is 30.8 Å². The number of ether oxygens (including phenoxy) is 1. The van der Waals surface area contributed by atoms with Crippen LogP contribution in [0.5, 0.6) is 0 Å². The van der Waals surface area contributed by atoms with Crippen LogP contribution < -0.4 is 5.32 Å². The lowest BCUT2D eigenvalue weighted by Crippen LogP contribution is -2.31. The van der Waals surface area contributed by atoms with Gasteiger partial charge in [-0.15, -0.1) is 11.8 Å². The number of esters is 1. The molecular weight excluding hydrogens is 250 g/mol. The van der Waals surface area contributed by atoms with Gasteiger partial charge in [-0.05, 0) is 26.0 Å². The van der Waals surface area contributed by atoms with E-state index >= 15 is 0 Å². The van der Waals surface area contributed by atoms with E-state index in [9.17, 15) is 9.59 Å². The molecule has 0 fully saturated rings. The molecule has 0 spiro atoms. The van der Waals surface area contributed by atoms with Crippen molar-refractivity contribution in [2.24, 2.45) is 0 Å². The number of carbonyl (C=O) groups excluding carboxylic acids is 2. The second-order valence-corrected chi connectivity index (χ2v) is 5.02. The van der Waals surface area contributed by atoms with Crippen molar-refractivity contribution in [2.45, 2.75) is 24.8 Å². The van der Waals surface area contributed by atoms with Gasteiger partial charge < -0.3 is 10.1 Å². The molecule has 0 aliphatic carbocycles.